The number of hydrogen-bond donors (Lipinski definition) is 2. The standard InChI is InChI=1S/C25H28N4O2/c1-19-7-9-20(10-8-19)25(31)27-22-11-12-24(26-17-22)29-14-4-13-28(15-16-29)18-21-5-2-3-6-23(21)30/h2-3,5-12,17,30H,4,13-16,18H2,1H3,(H,27,31). The van der Waals surface area contributed by atoms with Crippen LogP contribution in [0.2, 0.25) is 0 Å². The highest BCUT2D eigenvalue weighted by Gasteiger charge is 2.17. The van der Waals surface area contributed by atoms with Gasteiger partial charge in [0.25, 0.3) is 5.91 Å². The number of anilines is 2. The number of phenols is 1. The van der Waals surface area contributed by atoms with E-state index in [4.69, 9.17) is 0 Å². The highest BCUT2D eigenvalue weighted by molar-refractivity contribution is 6.04. The molecule has 0 unspecified atom stereocenters. The molecule has 3 aromatic rings. The monoisotopic (exact) mass is 416 g/mol. The molecule has 1 amide bonds. The second kappa shape index (κ2) is 9.62. The molecule has 6 nitrogen and oxygen atoms in total. The molecule has 4 rings (SSSR count). The molecule has 0 atom stereocenters. The number of aryl methyl sites for hydroxylation is 1. The van der Waals surface area contributed by atoms with Crippen molar-refractivity contribution in [3.63, 3.8) is 0 Å². The molecule has 0 spiro atoms. The van der Waals surface area contributed by atoms with Gasteiger partial charge in [0.1, 0.15) is 11.6 Å². The van der Waals surface area contributed by atoms with Gasteiger partial charge < -0.3 is 15.3 Å². The molecule has 1 saturated heterocycles. The van der Waals surface area contributed by atoms with Crippen LogP contribution in [0.25, 0.3) is 0 Å². The fourth-order valence-electron chi connectivity index (χ4n) is 3.80. The summed E-state index contributed by atoms with van der Waals surface area (Å²) >= 11 is 0. The highest BCUT2D eigenvalue weighted by Crippen LogP contribution is 2.21. The maximum Gasteiger partial charge on any atom is 0.255 e. The molecule has 2 aromatic carbocycles. The van der Waals surface area contributed by atoms with Crippen LogP contribution in [0.3, 0.4) is 0 Å². The third kappa shape index (κ3) is 5.41. The number of rotatable bonds is 5. The maximum atomic E-state index is 12.4. The van der Waals surface area contributed by atoms with Gasteiger partial charge in [-0.05, 0) is 43.7 Å². The summed E-state index contributed by atoms with van der Waals surface area (Å²) in [6.45, 7) is 6.43. The molecule has 1 aromatic heterocycles. The Hall–Kier alpha value is -3.38. The summed E-state index contributed by atoms with van der Waals surface area (Å²) in [4.78, 5) is 21.6. The number of benzene rings is 2. The fourth-order valence-corrected chi connectivity index (χ4v) is 3.80. The second-order valence-electron chi connectivity index (χ2n) is 7.97. The van der Waals surface area contributed by atoms with Gasteiger partial charge in [-0.2, -0.15) is 0 Å². The molecule has 1 fully saturated rings. The number of phenolic OH excluding ortho intramolecular Hbond substituents is 1. The number of aromatic hydroxyl groups is 1. The second-order valence-corrected chi connectivity index (χ2v) is 7.97. The first-order valence-corrected chi connectivity index (χ1v) is 10.7. The van der Waals surface area contributed by atoms with Gasteiger partial charge in [0.2, 0.25) is 0 Å². The first kappa shape index (κ1) is 20.9. The van der Waals surface area contributed by atoms with Crippen molar-refractivity contribution in [2.24, 2.45) is 0 Å². The summed E-state index contributed by atoms with van der Waals surface area (Å²) in [7, 11) is 0. The van der Waals surface area contributed by atoms with Crippen LogP contribution in [0.1, 0.15) is 27.9 Å². The smallest absolute Gasteiger partial charge is 0.255 e. The lowest BCUT2D eigenvalue weighted by Gasteiger charge is -2.23. The predicted octanol–water partition coefficient (Wildman–Crippen LogP) is 4.06. The van der Waals surface area contributed by atoms with Crippen LogP contribution in [-0.4, -0.2) is 47.1 Å². The average Bonchev–Trinajstić information content (AvgIpc) is 3.02. The fraction of sp³-hybridized carbons (Fsp3) is 0.280. The van der Waals surface area contributed by atoms with Gasteiger partial charge in [-0.1, -0.05) is 35.9 Å². The SMILES string of the molecule is Cc1ccc(C(=O)Nc2ccc(N3CCCN(Cc4ccccc4O)CC3)nc2)cc1. The van der Waals surface area contributed by atoms with Crippen LogP contribution < -0.4 is 10.2 Å². The molecule has 1 aliphatic rings. The highest BCUT2D eigenvalue weighted by atomic mass is 16.3. The molecule has 1 aliphatic heterocycles. The lowest BCUT2D eigenvalue weighted by molar-refractivity contribution is 0.102. The Kier molecular flexibility index (Phi) is 6.48. The van der Waals surface area contributed by atoms with Gasteiger partial charge in [0.05, 0.1) is 11.9 Å². The molecule has 0 bridgehead atoms. The largest absolute Gasteiger partial charge is 0.508 e. The van der Waals surface area contributed by atoms with Crippen molar-refractivity contribution in [2.75, 3.05) is 36.4 Å². The van der Waals surface area contributed by atoms with E-state index in [9.17, 15) is 9.90 Å². The molecule has 2 heterocycles. The number of pyridine rings is 1. The van der Waals surface area contributed by atoms with Crippen LogP contribution >= 0.6 is 0 Å². The van der Waals surface area contributed by atoms with Crippen LogP contribution in [0.15, 0.2) is 66.9 Å². The number of aromatic nitrogens is 1. The first-order chi connectivity index (χ1) is 15.1. The van der Waals surface area contributed by atoms with Gasteiger partial charge in [-0.3, -0.25) is 9.69 Å². The summed E-state index contributed by atoms with van der Waals surface area (Å²) in [5.74, 6) is 1.13. The van der Waals surface area contributed by atoms with E-state index in [1.165, 1.54) is 0 Å². The van der Waals surface area contributed by atoms with E-state index < -0.39 is 0 Å². The normalized spacial score (nSPS) is 14.8. The third-order valence-corrected chi connectivity index (χ3v) is 5.62. The average molecular weight is 417 g/mol. The lowest BCUT2D eigenvalue weighted by Crippen LogP contribution is -2.31. The zero-order chi connectivity index (χ0) is 21.6. The Bertz CT molecular complexity index is 1020. The quantitative estimate of drug-likeness (QED) is 0.657. The van der Waals surface area contributed by atoms with Crippen molar-refractivity contribution < 1.29 is 9.90 Å². The summed E-state index contributed by atoms with van der Waals surface area (Å²) in [6, 6.07) is 18.9. The van der Waals surface area contributed by atoms with Crippen molar-refractivity contribution in [3.8, 4) is 5.75 Å². The Morgan fingerprint density at radius 2 is 1.81 bits per heavy atom. The third-order valence-electron chi connectivity index (χ3n) is 5.62. The first-order valence-electron chi connectivity index (χ1n) is 10.7. The Balaban J connectivity index is 1.34. The van der Waals surface area contributed by atoms with E-state index in [0.717, 1.165) is 56.1 Å². The number of nitrogens with one attached hydrogen (secondary N) is 1. The summed E-state index contributed by atoms with van der Waals surface area (Å²) in [5, 5.41) is 12.9. The van der Waals surface area contributed by atoms with E-state index in [0.29, 0.717) is 17.0 Å². The molecule has 0 saturated carbocycles. The van der Waals surface area contributed by atoms with Crippen molar-refractivity contribution in [1.82, 2.24) is 9.88 Å². The van der Waals surface area contributed by atoms with Gasteiger partial charge in [-0.15, -0.1) is 0 Å². The topological polar surface area (TPSA) is 68.7 Å². The molecule has 160 valence electrons. The number of carbonyl (C=O) groups excluding carboxylic acids is 1. The summed E-state index contributed by atoms with van der Waals surface area (Å²) in [5.41, 5.74) is 3.40. The van der Waals surface area contributed by atoms with Gasteiger partial charge in [0.15, 0.2) is 0 Å². The van der Waals surface area contributed by atoms with Crippen molar-refractivity contribution >= 4 is 17.4 Å². The zero-order valence-electron chi connectivity index (χ0n) is 17.8. The summed E-state index contributed by atoms with van der Waals surface area (Å²) < 4.78 is 0. The molecular weight excluding hydrogens is 388 g/mol. The van der Waals surface area contributed by atoms with Crippen molar-refractivity contribution in [2.45, 2.75) is 19.9 Å². The van der Waals surface area contributed by atoms with Gasteiger partial charge >= 0.3 is 0 Å². The van der Waals surface area contributed by atoms with E-state index in [1.54, 1.807) is 12.3 Å². The minimum Gasteiger partial charge on any atom is -0.508 e. The number of nitrogens with zero attached hydrogens (tertiary/aromatic N) is 3. The van der Waals surface area contributed by atoms with Crippen molar-refractivity contribution in [1.29, 1.82) is 0 Å². The minimum absolute atomic E-state index is 0.135. The van der Waals surface area contributed by atoms with E-state index in [1.807, 2.05) is 61.5 Å². The molecule has 6 heteroatoms. The minimum atomic E-state index is -0.135. The van der Waals surface area contributed by atoms with E-state index >= 15 is 0 Å². The Morgan fingerprint density at radius 3 is 2.55 bits per heavy atom. The van der Waals surface area contributed by atoms with Crippen LogP contribution in [0.4, 0.5) is 11.5 Å². The molecule has 0 aliphatic carbocycles. The molecule has 0 radical (unpaired) electrons. The summed E-state index contributed by atoms with van der Waals surface area (Å²) in [6.07, 6.45) is 2.74. The number of para-hydroxylation sites is 1. The Morgan fingerprint density at radius 1 is 1.00 bits per heavy atom. The molecule has 2 N–H and O–H groups in total. The molecule has 31 heavy (non-hydrogen) atoms. The van der Waals surface area contributed by atoms with Crippen molar-refractivity contribution in [3.05, 3.63) is 83.6 Å². The van der Waals surface area contributed by atoms with Gasteiger partial charge in [-0.25, -0.2) is 4.98 Å². The van der Waals surface area contributed by atoms with E-state index in [2.05, 4.69) is 20.1 Å². The van der Waals surface area contributed by atoms with E-state index in [-0.39, 0.29) is 5.91 Å². The Labute approximate surface area is 183 Å². The van der Waals surface area contributed by atoms with Gasteiger partial charge in [0, 0.05) is 43.9 Å². The zero-order valence-corrected chi connectivity index (χ0v) is 17.8. The van der Waals surface area contributed by atoms with Crippen LogP contribution in [0, 0.1) is 6.92 Å². The number of carbonyl (C=O) groups is 1. The number of amides is 1. The lowest BCUT2D eigenvalue weighted by atomic mass is 10.1. The van der Waals surface area contributed by atoms with Crippen LogP contribution in [-0.2, 0) is 6.54 Å². The van der Waals surface area contributed by atoms with Crippen LogP contribution in [0.5, 0.6) is 5.75 Å². The molecular formula is C25H28N4O2. The maximum absolute atomic E-state index is 12.4. The number of hydrogen-bond acceptors (Lipinski definition) is 5. The predicted molar refractivity (Wildman–Crippen MR) is 124 cm³/mol.